The third-order valence-corrected chi connectivity index (χ3v) is 4.30. The average Bonchev–Trinajstić information content (AvgIpc) is 3.12. The van der Waals surface area contributed by atoms with Gasteiger partial charge in [0.05, 0.1) is 4.92 Å². The topological polar surface area (TPSA) is 111 Å². The zero-order chi connectivity index (χ0) is 19.7. The van der Waals surface area contributed by atoms with Gasteiger partial charge in [0.15, 0.2) is 11.2 Å². The highest BCUT2D eigenvalue weighted by Crippen LogP contribution is 2.25. The quantitative estimate of drug-likeness (QED) is 0.420. The van der Waals surface area contributed by atoms with E-state index in [-0.39, 0.29) is 11.3 Å². The fraction of sp³-hybridized carbons (Fsp3) is 0.0500. The summed E-state index contributed by atoms with van der Waals surface area (Å²) in [6.07, 6.45) is 1.64. The fourth-order valence-electron chi connectivity index (χ4n) is 2.85. The van der Waals surface area contributed by atoms with Crippen LogP contribution < -0.4 is 5.32 Å². The molecule has 2 heterocycles. The van der Waals surface area contributed by atoms with Gasteiger partial charge >= 0.3 is 0 Å². The van der Waals surface area contributed by atoms with Crippen LogP contribution in [0.1, 0.15) is 15.9 Å². The first-order valence-electron chi connectivity index (χ1n) is 8.40. The first kappa shape index (κ1) is 17.3. The second-order valence-corrected chi connectivity index (χ2v) is 6.08. The molecule has 0 aliphatic carbocycles. The van der Waals surface area contributed by atoms with E-state index in [9.17, 15) is 14.9 Å². The number of nitrogens with one attached hydrogen (secondary N) is 1. The lowest BCUT2D eigenvalue weighted by molar-refractivity contribution is -0.385. The molecule has 2 aromatic carbocycles. The Bertz CT molecular complexity index is 1170. The second-order valence-electron chi connectivity index (χ2n) is 6.08. The van der Waals surface area contributed by atoms with Gasteiger partial charge in [0, 0.05) is 34.6 Å². The summed E-state index contributed by atoms with van der Waals surface area (Å²) >= 11 is 0. The minimum absolute atomic E-state index is 0.0902. The fourth-order valence-corrected chi connectivity index (χ4v) is 2.85. The van der Waals surface area contributed by atoms with E-state index in [0.29, 0.717) is 28.4 Å². The summed E-state index contributed by atoms with van der Waals surface area (Å²) in [6, 6.07) is 14.9. The van der Waals surface area contributed by atoms with Gasteiger partial charge in [-0.05, 0) is 49.4 Å². The number of aromatic nitrogens is 2. The van der Waals surface area contributed by atoms with Crippen molar-refractivity contribution < 1.29 is 14.1 Å². The summed E-state index contributed by atoms with van der Waals surface area (Å²) in [5.74, 6) is 0.0149. The molecule has 0 fully saturated rings. The number of carbonyl (C=O) groups excluding carboxylic acids is 1. The summed E-state index contributed by atoms with van der Waals surface area (Å²) in [7, 11) is 0. The molecule has 1 amide bonds. The molecule has 138 valence electrons. The van der Waals surface area contributed by atoms with Crippen molar-refractivity contribution in [2.24, 2.45) is 0 Å². The Labute approximate surface area is 159 Å². The van der Waals surface area contributed by atoms with E-state index >= 15 is 0 Å². The number of pyridine rings is 1. The number of oxazole rings is 1. The number of hydrogen-bond donors (Lipinski definition) is 1. The minimum atomic E-state index is -0.504. The molecule has 8 nitrogen and oxygen atoms in total. The maximum atomic E-state index is 12.5. The Morgan fingerprint density at radius 1 is 1.11 bits per heavy atom. The van der Waals surface area contributed by atoms with Gasteiger partial charge in [0.25, 0.3) is 11.6 Å². The van der Waals surface area contributed by atoms with E-state index in [1.807, 2.05) is 0 Å². The largest absolute Gasteiger partial charge is 0.434 e. The molecule has 0 unspecified atom stereocenters. The molecule has 0 radical (unpaired) electrons. The van der Waals surface area contributed by atoms with Gasteiger partial charge in [-0.1, -0.05) is 6.07 Å². The summed E-state index contributed by atoms with van der Waals surface area (Å²) in [4.78, 5) is 31.5. The van der Waals surface area contributed by atoms with Crippen LogP contribution >= 0.6 is 0 Å². The molecule has 2 aromatic heterocycles. The van der Waals surface area contributed by atoms with Gasteiger partial charge < -0.3 is 9.73 Å². The van der Waals surface area contributed by atoms with Crippen LogP contribution in [-0.4, -0.2) is 20.8 Å². The maximum Gasteiger partial charge on any atom is 0.273 e. The number of fused-ring (bicyclic) bond motifs is 1. The van der Waals surface area contributed by atoms with Crippen LogP contribution in [0.25, 0.3) is 22.7 Å². The molecule has 0 spiro atoms. The van der Waals surface area contributed by atoms with Crippen LogP contribution in [-0.2, 0) is 0 Å². The molecule has 28 heavy (non-hydrogen) atoms. The number of hydrogen-bond acceptors (Lipinski definition) is 6. The summed E-state index contributed by atoms with van der Waals surface area (Å²) in [5.41, 5.74) is 2.89. The van der Waals surface area contributed by atoms with Crippen molar-refractivity contribution in [1.82, 2.24) is 9.97 Å². The highest BCUT2D eigenvalue weighted by molar-refractivity contribution is 6.05. The molecule has 4 aromatic rings. The van der Waals surface area contributed by atoms with Crippen molar-refractivity contribution in [3.8, 4) is 11.5 Å². The predicted molar refractivity (Wildman–Crippen MR) is 103 cm³/mol. The molecule has 8 heteroatoms. The van der Waals surface area contributed by atoms with Gasteiger partial charge in [-0.25, -0.2) is 4.98 Å². The van der Waals surface area contributed by atoms with Crippen molar-refractivity contribution in [2.45, 2.75) is 6.92 Å². The standard InChI is InChI=1S/C20H14N4O4/c1-12-15(4-2-5-16(12)24(26)27)19(25)22-14-9-7-13(8-10-14)20-23-18-17(28-20)6-3-11-21-18/h2-11H,1H3,(H,22,25). The smallest absolute Gasteiger partial charge is 0.273 e. The van der Waals surface area contributed by atoms with E-state index in [4.69, 9.17) is 4.42 Å². The Kier molecular flexibility index (Phi) is 4.29. The van der Waals surface area contributed by atoms with Crippen molar-refractivity contribution in [3.05, 3.63) is 82.0 Å². The Morgan fingerprint density at radius 3 is 2.61 bits per heavy atom. The monoisotopic (exact) mass is 374 g/mol. The van der Waals surface area contributed by atoms with Gasteiger partial charge in [0.2, 0.25) is 5.89 Å². The van der Waals surface area contributed by atoms with Crippen LogP contribution in [0.3, 0.4) is 0 Å². The Morgan fingerprint density at radius 2 is 1.89 bits per heavy atom. The molecule has 0 saturated heterocycles. The van der Waals surface area contributed by atoms with Crippen molar-refractivity contribution in [1.29, 1.82) is 0 Å². The number of carbonyl (C=O) groups is 1. The molecule has 4 rings (SSSR count). The highest BCUT2D eigenvalue weighted by atomic mass is 16.6. The molecule has 0 aliphatic heterocycles. The zero-order valence-electron chi connectivity index (χ0n) is 14.7. The van der Waals surface area contributed by atoms with Gasteiger partial charge in [0.1, 0.15) is 0 Å². The molecule has 0 aliphatic rings. The number of benzene rings is 2. The molecule has 0 atom stereocenters. The summed E-state index contributed by atoms with van der Waals surface area (Å²) in [5, 5.41) is 13.8. The predicted octanol–water partition coefficient (Wildman–Crippen LogP) is 4.36. The SMILES string of the molecule is Cc1c(C(=O)Nc2ccc(-c3nc4ncccc4o3)cc2)cccc1[N+](=O)[O-]. The van der Waals surface area contributed by atoms with Gasteiger partial charge in [-0.2, -0.15) is 4.98 Å². The first-order chi connectivity index (χ1) is 13.5. The number of rotatable bonds is 4. The van der Waals surface area contributed by atoms with Crippen LogP contribution in [0, 0.1) is 17.0 Å². The second kappa shape index (κ2) is 6.92. The normalized spacial score (nSPS) is 10.8. The number of anilines is 1. The third-order valence-electron chi connectivity index (χ3n) is 4.30. The highest BCUT2D eigenvalue weighted by Gasteiger charge is 2.18. The van der Waals surface area contributed by atoms with E-state index in [2.05, 4.69) is 15.3 Å². The van der Waals surface area contributed by atoms with E-state index < -0.39 is 10.8 Å². The van der Waals surface area contributed by atoms with Crippen LogP contribution in [0.4, 0.5) is 11.4 Å². The lowest BCUT2D eigenvalue weighted by atomic mass is 10.1. The summed E-state index contributed by atoms with van der Waals surface area (Å²) < 4.78 is 5.67. The number of nitro benzene ring substituents is 1. The minimum Gasteiger partial charge on any atom is -0.434 e. The van der Waals surface area contributed by atoms with E-state index in [1.54, 1.807) is 55.6 Å². The maximum absolute atomic E-state index is 12.5. The zero-order valence-corrected chi connectivity index (χ0v) is 14.7. The number of nitrogens with zero attached hydrogens (tertiary/aromatic N) is 3. The summed E-state index contributed by atoms with van der Waals surface area (Å²) in [6.45, 7) is 1.55. The number of nitro groups is 1. The third kappa shape index (κ3) is 3.18. The Hall–Kier alpha value is -4.07. The average molecular weight is 374 g/mol. The van der Waals surface area contributed by atoms with Crippen molar-refractivity contribution in [2.75, 3.05) is 5.32 Å². The molecule has 1 N–H and O–H groups in total. The van der Waals surface area contributed by atoms with Gasteiger partial charge in [-0.3, -0.25) is 14.9 Å². The van der Waals surface area contributed by atoms with E-state index in [0.717, 1.165) is 5.56 Å². The van der Waals surface area contributed by atoms with Crippen LogP contribution in [0.2, 0.25) is 0 Å². The molecule has 0 saturated carbocycles. The van der Waals surface area contributed by atoms with Crippen LogP contribution in [0.5, 0.6) is 0 Å². The number of amides is 1. The molecule has 0 bridgehead atoms. The van der Waals surface area contributed by atoms with Crippen LogP contribution in [0.15, 0.2) is 65.2 Å². The van der Waals surface area contributed by atoms with Crippen molar-refractivity contribution in [3.63, 3.8) is 0 Å². The van der Waals surface area contributed by atoms with Crippen molar-refractivity contribution >= 4 is 28.5 Å². The first-order valence-corrected chi connectivity index (χ1v) is 8.40. The lowest BCUT2D eigenvalue weighted by Gasteiger charge is -2.08. The van der Waals surface area contributed by atoms with Gasteiger partial charge in [-0.15, -0.1) is 0 Å². The molecular weight excluding hydrogens is 360 g/mol. The Balaban J connectivity index is 1.56. The molecular formula is C20H14N4O4. The van der Waals surface area contributed by atoms with E-state index in [1.165, 1.54) is 12.1 Å². The lowest BCUT2D eigenvalue weighted by Crippen LogP contribution is -2.14.